The highest BCUT2D eigenvalue weighted by atomic mass is 19.1. The molecule has 3 aliphatic rings. The summed E-state index contributed by atoms with van der Waals surface area (Å²) in [7, 11) is 6.05. The van der Waals surface area contributed by atoms with Gasteiger partial charge in [0, 0.05) is 31.4 Å². The number of ketones is 1. The number of halogens is 1. The molecule has 9 nitrogen and oxygen atoms in total. The van der Waals surface area contributed by atoms with Crippen LogP contribution < -0.4 is 34.6 Å². The van der Waals surface area contributed by atoms with Crippen LogP contribution in [-0.2, 0) is 0 Å². The van der Waals surface area contributed by atoms with E-state index in [0.717, 1.165) is 38.8 Å². The second-order valence-electron chi connectivity index (χ2n) is 11.2. The number of pyridine rings is 1. The molecule has 2 unspecified atom stereocenters. The van der Waals surface area contributed by atoms with Crippen LogP contribution in [0.5, 0.6) is 23.0 Å². The molecule has 3 aromatic rings. The predicted octanol–water partition coefficient (Wildman–Crippen LogP) is 4.59. The minimum absolute atomic E-state index is 0.0244. The van der Waals surface area contributed by atoms with Gasteiger partial charge in [-0.2, -0.15) is 0 Å². The molecule has 2 atom stereocenters. The third-order valence-electron chi connectivity index (χ3n) is 8.64. The average Bonchev–Trinajstić information content (AvgIpc) is 3.76. The Hall–Kier alpha value is -4.05. The first-order chi connectivity index (χ1) is 20.4. The van der Waals surface area contributed by atoms with Gasteiger partial charge in [0.1, 0.15) is 5.69 Å². The van der Waals surface area contributed by atoms with Crippen molar-refractivity contribution >= 4 is 28.4 Å². The second-order valence-corrected chi connectivity index (χ2v) is 11.2. The molecule has 42 heavy (non-hydrogen) atoms. The lowest BCUT2D eigenvalue weighted by molar-refractivity contribution is 0.104. The van der Waals surface area contributed by atoms with E-state index in [9.17, 15) is 9.59 Å². The summed E-state index contributed by atoms with van der Waals surface area (Å²) in [5, 5.41) is 3.70. The number of aromatic nitrogens is 1. The highest BCUT2D eigenvalue weighted by molar-refractivity contribution is 6.08. The molecule has 6 rings (SSSR count). The van der Waals surface area contributed by atoms with E-state index in [-0.39, 0.29) is 17.0 Å². The summed E-state index contributed by atoms with van der Waals surface area (Å²) >= 11 is 0. The van der Waals surface area contributed by atoms with Crippen LogP contribution in [0.15, 0.2) is 35.3 Å². The average molecular weight is 578 g/mol. The van der Waals surface area contributed by atoms with E-state index in [0.29, 0.717) is 58.3 Å². The molecule has 2 aromatic carbocycles. The van der Waals surface area contributed by atoms with Gasteiger partial charge in [-0.1, -0.05) is 6.08 Å². The first kappa shape index (κ1) is 28.1. The molecular formula is C32H36FN3O6. The molecule has 3 fully saturated rings. The van der Waals surface area contributed by atoms with Crippen molar-refractivity contribution in [2.24, 2.45) is 5.92 Å². The fraction of sp³-hybridized carbons (Fsp3) is 0.438. The quantitative estimate of drug-likeness (QED) is 0.292. The summed E-state index contributed by atoms with van der Waals surface area (Å²) < 4.78 is 39.9. The zero-order chi connectivity index (χ0) is 29.5. The fourth-order valence-corrected chi connectivity index (χ4v) is 6.44. The van der Waals surface area contributed by atoms with Crippen molar-refractivity contribution in [1.29, 1.82) is 0 Å². The number of carbonyl (C=O) groups excluding carboxylic acids is 1. The largest absolute Gasteiger partial charge is 0.493 e. The molecular weight excluding hydrogens is 541 g/mol. The van der Waals surface area contributed by atoms with Crippen molar-refractivity contribution in [1.82, 2.24) is 9.88 Å². The maximum Gasteiger partial charge on any atom is 0.203 e. The number of anilines is 1. The van der Waals surface area contributed by atoms with E-state index in [1.54, 1.807) is 24.4 Å². The molecule has 0 amide bonds. The summed E-state index contributed by atoms with van der Waals surface area (Å²) in [4.78, 5) is 29.2. The Kier molecular flexibility index (Phi) is 7.57. The van der Waals surface area contributed by atoms with Crippen molar-refractivity contribution in [3.63, 3.8) is 0 Å². The Morgan fingerprint density at radius 1 is 0.976 bits per heavy atom. The number of ether oxygens (including phenoxy) is 4. The first-order valence-corrected chi connectivity index (χ1v) is 14.3. The lowest BCUT2D eigenvalue weighted by Gasteiger charge is -2.25. The molecule has 10 heteroatoms. The monoisotopic (exact) mass is 577 g/mol. The van der Waals surface area contributed by atoms with Crippen LogP contribution in [0.2, 0.25) is 0 Å². The molecule has 0 spiro atoms. The van der Waals surface area contributed by atoms with Gasteiger partial charge in [0.25, 0.3) is 0 Å². The minimum Gasteiger partial charge on any atom is -0.493 e. The van der Waals surface area contributed by atoms with Crippen molar-refractivity contribution < 1.29 is 28.1 Å². The van der Waals surface area contributed by atoms with Gasteiger partial charge in [-0.05, 0) is 68.0 Å². The van der Waals surface area contributed by atoms with Crippen molar-refractivity contribution in [2.75, 3.05) is 53.0 Å². The Morgan fingerprint density at radius 2 is 1.69 bits per heavy atom. The summed E-state index contributed by atoms with van der Waals surface area (Å²) in [6, 6.07) is 5.11. The van der Waals surface area contributed by atoms with Crippen molar-refractivity contribution in [2.45, 2.75) is 37.8 Å². The molecule has 0 radical (unpaired) electrons. The van der Waals surface area contributed by atoms with E-state index in [1.807, 2.05) is 9.47 Å². The van der Waals surface area contributed by atoms with E-state index >= 15 is 4.39 Å². The van der Waals surface area contributed by atoms with Crippen LogP contribution in [0, 0.1) is 11.7 Å². The summed E-state index contributed by atoms with van der Waals surface area (Å²) in [5.74, 6) is 1.11. The van der Waals surface area contributed by atoms with Crippen LogP contribution in [-0.4, -0.2) is 64.5 Å². The maximum atomic E-state index is 15.9. The number of fused-ring (bicyclic) bond motifs is 2. The molecule has 1 aromatic heterocycles. The number of rotatable bonds is 9. The number of nitrogens with zero attached hydrogens (tertiary/aromatic N) is 2. The second kappa shape index (κ2) is 11.3. The maximum absolute atomic E-state index is 15.9. The third-order valence-corrected chi connectivity index (χ3v) is 8.64. The molecule has 1 aliphatic carbocycles. The number of nitrogens with one attached hydrogen (secondary N) is 1. The SMILES string of the molecule is COc1cc(/C=C/C(=O)c2cn(C3CC3)c3c(OC)c(N4CC5CCCNC5C4)c(F)cc3c2=O)cc(OC)c1OC. The van der Waals surface area contributed by atoms with Gasteiger partial charge >= 0.3 is 0 Å². The number of hydrogen-bond acceptors (Lipinski definition) is 8. The van der Waals surface area contributed by atoms with E-state index in [2.05, 4.69) is 5.32 Å². The number of carbonyl (C=O) groups is 1. The van der Waals surface area contributed by atoms with Crippen LogP contribution in [0.4, 0.5) is 10.1 Å². The Labute approximate surface area is 243 Å². The highest BCUT2D eigenvalue weighted by Crippen LogP contribution is 2.45. The molecule has 1 saturated carbocycles. The molecule has 2 aliphatic heterocycles. The number of benzene rings is 2. The standard InChI is InChI=1S/C32H36FN3O6/c1-39-26-12-18(13-27(40-2)31(26)41-3)7-10-25(37)22-16-36(20-8-9-20)28-21(30(22)38)14-23(33)29(32(28)42-4)35-15-19-6-5-11-34-24(19)17-35/h7,10,12-14,16,19-20,24,34H,5-6,8-9,11,15,17H2,1-4H3/b10-7+. The van der Waals surface area contributed by atoms with Gasteiger partial charge in [-0.25, -0.2) is 4.39 Å². The lowest BCUT2D eigenvalue weighted by Crippen LogP contribution is -2.40. The summed E-state index contributed by atoms with van der Waals surface area (Å²) in [5.41, 5.74) is 0.996. The molecule has 1 N–H and O–H groups in total. The van der Waals surface area contributed by atoms with Crippen LogP contribution in [0.25, 0.3) is 17.0 Å². The van der Waals surface area contributed by atoms with Gasteiger partial charge < -0.3 is 33.7 Å². The van der Waals surface area contributed by atoms with Crippen molar-refractivity contribution in [3.05, 3.63) is 57.6 Å². The van der Waals surface area contributed by atoms with E-state index < -0.39 is 17.0 Å². The minimum atomic E-state index is -0.526. The normalized spacial score (nSPS) is 20.2. The van der Waals surface area contributed by atoms with E-state index in [1.165, 1.54) is 40.6 Å². The number of hydrogen-bond donors (Lipinski definition) is 1. The van der Waals surface area contributed by atoms with Gasteiger partial charge in [-0.3, -0.25) is 9.59 Å². The first-order valence-electron chi connectivity index (χ1n) is 14.3. The lowest BCUT2D eigenvalue weighted by atomic mass is 9.94. The molecule has 0 bridgehead atoms. The van der Waals surface area contributed by atoms with Gasteiger partial charge in [0.2, 0.25) is 11.2 Å². The smallest absolute Gasteiger partial charge is 0.203 e. The van der Waals surface area contributed by atoms with Gasteiger partial charge in [0.15, 0.2) is 28.8 Å². The predicted molar refractivity (Wildman–Crippen MR) is 159 cm³/mol. The zero-order valence-corrected chi connectivity index (χ0v) is 24.4. The number of methoxy groups -OCH3 is 4. The number of allylic oxidation sites excluding steroid dienone is 1. The molecule has 222 valence electrons. The highest BCUT2D eigenvalue weighted by Gasteiger charge is 2.38. The fourth-order valence-electron chi connectivity index (χ4n) is 6.44. The summed E-state index contributed by atoms with van der Waals surface area (Å²) in [6.07, 6.45) is 8.55. The number of piperidine rings is 1. The molecule has 3 heterocycles. The molecule has 2 saturated heterocycles. The third kappa shape index (κ3) is 4.87. The Balaban J connectivity index is 1.41. The summed E-state index contributed by atoms with van der Waals surface area (Å²) in [6.45, 7) is 2.38. The Morgan fingerprint density at radius 3 is 2.31 bits per heavy atom. The van der Waals surface area contributed by atoms with E-state index in [4.69, 9.17) is 18.9 Å². The van der Waals surface area contributed by atoms with Crippen LogP contribution in [0.1, 0.15) is 47.6 Å². The topological polar surface area (TPSA) is 91.3 Å². The van der Waals surface area contributed by atoms with Crippen LogP contribution >= 0.6 is 0 Å². The Bertz CT molecular complexity index is 1590. The van der Waals surface area contributed by atoms with Gasteiger partial charge in [0.05, 0.1) is 44.9 Å². The van der Waals surface area contributed by atoms with Gasteiger partial charge in [-0.15, -0.1) is 0 Å². The zero-order valence-electron chi connectivity index (χ0n) is 24.4. The van der Waals surface area contributed by atoms with Crippen LogP contribution in [0.3, 0.4) is 0 Å². The van der Waals surface area contributed by atoms with Crippen molar-refractivity contribution in [3.8, 4) is 23.0 Å².